The van der Waals surface area contributed by atoms with Gasteiger partial charge in [-0.05, 0) is 56.1 Å². The van der Waals surface area contributed by atoms with Crippen molar-refractivity contribution in [1.29, 1.82) is 5.26 Å². The van der Waals surface area contributed by atoms with Crippen LogP contribution in [0.5, 0.6) is 0 Å². The normalized spacial score (nSPS) is 16.8. The Morgan fingerprint density at radius 1 is 1.07 bits per heavy atom. The van der Waals surface area contributed by atoms with Gasteiger partial charge < -0.3 is 31.1 Å². The summed E-state index contributed by atoms with van der Waals surface area (Å²) in [6.45, 7) is 3.15. The maximum Gasteiger partial charge on any atom is 0.349 e. The fourth-order valence-corrected chi connectivity index (χ4v) is 5.03. The number of anilines is 1. The molecule has 2 aromatic rings. The van der Waals surface area contributed by atoms with Gasteiger partial charge in [-0.25, -0.2) is 9.18 Å². The molecule has 2 aliphatic rings. The van der Waals surface area contributed by atoms with Crippen molar-refractivity contribution in [3.8, 4) is 6.07 Å². The summed E-state index contributed by atoms with van der Waals surface area (Å²) in [7, 11) is 1.95. The third-order valence-corrected chi connectivity index (χ3v) is 8.15. The number of urea groups is 1. The number of likely N-dealkylation sites (N-methyl/N-ethyl adjacent to an activating group) is 1. The SMILES string of the molecule is C[C@@H](c1ccc(NC(=O)CNC(=O)C(F)(F)c2cccc(C#N)c2)c(F)c1)[C@@H](NC(=O)NC1CCC1)C(=O)N1CCN(C)CC1. The van der Waals surface area contributed by atoms with Crippen LogP contribution < -0.4 is 21.3 Å². The second-order valence-corrected chi connectivity index (χ2v) is 11.4. The molecule has 0 bridgehead atoms. The maximum atomic E-state index is 15.2. The average molecular weight is 628 g/mol. The molecule has 1 saturated carbocycles. The number of halogens is 3. The summed E-state index contributed by atoms with van der Waals surface area (Å²) in [5.41, 5.74) is -0.658. The Balaban J connectivity index is 1.40. The van der Waals surface area contributed by atoms with Crippen LogP contribution in [-0.2, 0) is 20.3 Å². The Hall–Kier alpha value is -4.64. The molecular weight excluding hydrogens is 591 g/mol. The Morgan fingerprint density at radius 3 is 2.40 bits per heavy atom. The zero-order valence-corrected chi connectivity index (χ0v) is 25.0. The number of hydrogen-bond donors (Lipinski definition) is 4. The van der Waals surface area contributed by atoms with Gasteiger partial charge in [0.05, 0.1) is 23.9 Å². The van der Waals surface area contributed by atoms with Gasteiger partial charge in [-0.2, -0.15) is 14.0 Å². The number of nitriles is 1. The number of amides is 5. The summed E-state index contributed by atoms with van der Waals surface area (Å²) in [6.07, 6.45) is 2.74. The fraction of sp³-hybridized carbons (Fsp3) is 0.452. The van der Waals surface area contributed by atoms with Crippen LogP contribution in [0.4, 0.5) is 23.7 Å². The van der Waals surface area contributed by atoms with Gasteiger partial charge in [-0.1, -0.05) is 25.1 Å². The molecule has 4 N–H and O–H groups in total. The zero-order valence-electron chi connectivity index (χ0n) is 25.0. The second kappa shape index (κ2) is 14.4. The number of benzene rings is 2. The molecule has 1 aliphatic carbocycles. The number of hydrogen-bond acceptors (Lipinski definition) is 6. The molecule has 14 heteroatoms. The van der Waals surface area contributed by atoms with E-state index in [1.54, 1.807) is 17.9 Å². The number of nitrogens with one attached hydrogen (secondary N) is 4. The highest BCUT2D eigenvalue weighted by Crippen LogP contribution is 2.29. The minimum Gasteiger partial charge on any atom is -0.341 e. The standard InChI is InChI=1S/C31H36F3N7O4/c1-19(27(39-30(45)37-23-7-4-8-23)28(43)41-13-11-40(2)12-14-41)21-9-10-25(24(32)16-21)38-26(42)18-36-29(44)31(33,34)22-6-3-5-20(15-22)17-35/h3,5-6,9-10,15-16,19,23,27H,4,7-8,11-14,18H2,1-2H3,(H,36,44)(H,38,42)(H2,37,39,45)/t19-,27+/m0/s1. The van der Waals surface area contributed by atoms with Gasteiger partial charge in [0.15, 0.2) is 0 Å². The lowest BCUT2D eigenvalue weighted by molar-refractivity contribution is -0.147. The Labute approximate surface area is 259 Å². The first-order chi connectivity index (χ1) is 21.4. The van der Waals surface area contributed by atoms with Gasteiger partial charge in [0.1, 0.15) is 11.9 Å². The van der Waals surface area contributed by atoms with Crippen LogP contribution in [0.1, 0.15) is 48.8 Å². The molecule has 5 amide bonds. The number of alkyl halides is 2. The monoisotopic (exact) mass is 627 g/mol. The Bertz CT molecular complexity index is 1470. The first-order valence-corrected chi connectivity index (χ1v) is 14.7. The van der Waals surface area contributed by atoms with Crippen molar-refractivity contribution in [2.75, 3.05) is 45.1 Å². The molecule has 45 heavy (non-hydrogen) atoms. The molecule has 0 aromatic heterocycles. The molecule has 1 aliphatic heterocycles. The van der Waals surface area contributed by atoms with Crippen molar-refractivity contribution in [1.82, 2.24) is 25.8 Å². The fourth-order valence-electron chi connectivity index (χ4n) is 5.03. The Morgan fingerprint density at radius 2 is 1.78 bits per heavy atom. The lowest BCUT2D eigenvalue weighted by Gasteiger charge is -2.36. The van der Waals surface area contributed by atoms with E-state index in [0.717, 1.165) is 37.5 Å². The molecule has 0 spiro atoms. The van der Waals surface area contributed by atoms with E-state index < -0.39 is 53.7 Å². The quantitative estimate of drug-likeness (QED) is 0.319. The number of piperazine rings is 1. The molecular formula is C31H36F3N7O4. The first-order valence-electron chi connectivity index (χ1n) is 14.7. The molecule has 11 nitrogen and oxygen atoms in total. The van der Waals surface area contributed by atoms with Crippen LogP contribution >= 0.6 is 0 Å². The number of rotatable bonds is 10. The highest BCUT2D eigenvalue weighted by atomic mass is 19.3. The minimum absolute atomic E-state index is 0.0470. The second-order valence-electron chi connectivity index (χ2n) is 11.4. The van der Waals surface area contributed by atoms with Crippen molar-refractivity contribution in [2.24, 2.45) is 0 Å². The zero-order chi connectivity index (χ0) is 32.7. The lowest BCUT2D eigenvalue weighted by Crippen LogP contribution is -2.58. The van der Waals surface area contributed by atoms with Crippen LogP contribution in [0.25, 0.3) is 0 Å². The van der Waals surface area contributed by atoms with E-state index in [1.807, 2.05) is 12.4 Å². The Kier molecular flexibility index (Phi) is 10.7. The summed E-state index contributed by atoms with van der Waals surface area (Å²) < 4.78 is 44.3. The predicted octanol–water partition coefficient (Wildman–Crippen LogP) is 2.64. The van der Waals surface area contributed by atoms with E-state index in [1.165, 1.54) is 24.3 Å². The maximum absolute atomic E-state index is 15.2. The average Bonchev–Trinajstić information content (AvgIpc) is 3.01. The number of nitrogens with zero attached hydrogens (tertiary/aromatic N) is 3. The van der Waals surface area contributed by atoms with Gasteiger partial charge in [-0.15, -0.1) is 0 Å². The van der Waals surface area contributed by atoms with Crippen LogP contribution in [0.3, 0.4) is 0 Å². The van der Waals surface area contributed by atoms with Crippen LogP contribution in [-0.4, -0.2) is 85.4 Å². The highest BCUT2D eigenvalue weighted by molar-refractivity contribution is 5.96. The van der Waals surface area contributed by atoms with E-state index in [2.05, 4.69) is 20.9 Å². The number of carbonyl (C=O) groups is 4. The smallest absolute Gasteiger partial charge is 0.341 e. The molecule has 240 valence electrons. The molecule has 4 rings (SSSR count). The van der Waals surface area contributed by atoms with Gasteiger partial charge in [0, 0.05) is 43.7 Å². The van der Waals surface area contributed by atoms with Crippen molar-refractivity contribution in [3.05, 3.63) is 65.0 Å². The summed E-state index contributed by atoms with van der Waals surface area (Å²) in [6, 6.07) is 8.55. The van der Waals surface area contributed by atoms with Crippen LogP contribution in [0.2, 0.25) is 0 Å². The summed E-state index contributed by atoms with van der Waals surface area (Å²) >= 11 is 0. The van der Waals surface area contributed by atoms with Crippen molar-refractivity contribution in [2.45, 2.75) is 50.1 Å². The number of carbonyl (C=O) groups excluding carboxylic acids is 4. The van der Waals surface area contributed by atoms with E-state index in [0.29, 0.717) is 31.7 Å². The van der Waals surface area contributed by atoms with Gasteiger partial charge in [-0.3, -0.25) is 14.4 Å². The summed E-state index contributed by atoms with van der Waals surface area (Å²) in [5.74, 6) is -8.53. The third kappa shape index (κ3) is 8.30. The predicted molar refractivity (Wildman–Crippen MR) is 159 cm³/mol. The molecule has 1 heterocycles. The van der Waals surface area contributed by atoms with Gasteiger partial charge >= 0.3 is 12.0 Å². The van der Waals surface area contributed by atoms with Crippen LogP contribution in [0.15, 0.2) is 42.5 Å². The lowest BCUT2D eigenvalue weighted by atomic mass is 9.91. The third-order valence-electron chi connectivity index (χ3n) is 8.15. The van der Waals surface area contributed by atoms with Crippen LogP contribution in [0, 0.1) is 17.1 Å². The highest BCUT2D eigenvalue weighted by Gasteiger charge is 2.41. The largest absolute Gasteiger partial charge is 0.349 e. The molecule has 0 unspecified atom stereocenters. The van der Waals surface area contributed by atoms with E-state index in [9.17, 15) is 28.0 Å². The van der Waals surface area contributed by atoms with E-state index in [-0.39, 0.29) is 23.2 Å². The summed E-state index contributed by atoms with van der Waals surface area (Å²) in [4.78, 5) is 54.6. The molecule has 2 aromatic carbocycles. The first kappa shape index (κ1) is 33.3. The molecule has 2 atom stereocenters. The van der Waals surface area contributed by atoms with E-state index in [4.69, 9.17) is 5.26 Å². The molecule has 2 fully saturated rings. The molecule has 0 radical (unpaired) electrons. The van der Waals surface area contributed by atoms with Crippen molar-refractivity contribution < 1.29 is 32.3 Å². The van der Waals surface area contributed by atoms with E-state index >= 15 is 4.39 Å². The minimum atomic E-state index is -4.02. The topological polar surface area (TPSA) is 147 Å². The van der Waals surface area contributed by atoms with Crippen molar-refractivity contribution >= 4 is 29.4 Å². The van der Waals surface area contributed by atoms with Crippen molar-refractivity contribution in [3.63, 3.8) is 0 Å². The molecule has 1 saturated heterocycles. The summed E-state index contributed by atoms with van der Waals surface area (Å²) in [5, 5.41) is 18.6. The van der Waals surface area contributed by atoms with Gasteiger partial charge in [0.25, 0.3) is 5.91 Å². The van der Waals surface area contributed by atoms with Gasteiger partial charge in [0.2, 0.25) is 11.8 Å².